The van der Waals surface area contributed by atoms with Gasteiger partial charge in [-0.05, 0) is 12.8 Å². The highest BCUT2D eigenvalue weighted by molar-refractivity contribution is 5.79. The molecule has 1 unspecified atom stereocenters. The summed E-state index contributed by atoms with van der Waals surface area (Å²) >= 11 is 0. The molecule has 0 bridgehead atoms. The van der Waals surface area contributed by atoms with E-state index in [1.165, 1.54) is 4.90 Å². The molecule has 0 radical (unpaired) electrons. The van der Waals surface area contributed by atoms with Crippen molar-refractivity contribution < 1.29 is 18.0 Å². The Labute approximate surface area is 156 Å². The van der Waals surface area contributed by atoms with Crippen LogP contribution in [-0.4, -0.2) is 78.8 Å². The SMILES string of the molecule is O=C(NCC(N1CCNCC1)C(F)(F)F)C1CCN(c2cnccn2)CC1. The van der Waals surface area contributed by atoms with Gasteiger partial charge in [-0.1, -0.05) is 0 Å². The Morgan fingerprint density at radius 2 is 1.93 bits per heavy atom. The number of rotatable bonds is 5. The van der Waals surface area contributed by atoms with Crippen molar-refractivity contribution in [1.29, 1.82) is 0 Å². The first-order chi connectivity index (χ1) is 12.9. The summed E-state index contributed by atoms with van der Waals surface area (Å²) in [6, 6.07) is -1.64. The maximum Gasteiger partial charge on any atom is 0.405 e. The Balaban J connectivity index is 1.49. The second kappa shape index (κ2) is 8.83. The zero-order chi connectivity index (χ0) is 19.3. The highest BCUT2D eigenvalue weighted by Crippen LogP contribution is 2.25. The van der Waals surface area contributed by atoms with Crippen molar-refractivity contribution in [3.8, 4) is 0 Å². The summed E-state index contributed by atoms with van der Waals surface area (Å²) < 4.78 is 40.2. The van der Waals surface area contributed by atoms with Crippen LogP contribution in [0, 0.1) is 5.92 Å². The number of carbonyl (C=O) groups is 1. The molecule has 7 nitrogen and oxygen atoms in total. The minimum atomic E-state index is -4.36. The maximum atomic E-state index is 13.4. The van der Waals surface area contributed by atoms with E-state index in [4.69, 9.17) is 0 Å². The molecule has 0 saturated carbocycles. The van der Waals surface area contributed by atoms with E-state index in [1.54, 1.807) is 18.6 Å². The van der Waals surface area contributed by atoms with Gasteiger partial charge in [-0.3, -0.25) is 14.7 Å². The number of nitrogens with one attached hydrogen (secondary N) is 2. The summed E-state index contributed by atoms with van der Waals surface area (Å²) in [6.07, 6.45) is 1.70. The summed E-state index contributed by atoms with van der Waals surface area (Å²) in [5, 5.41) is 5.59. The summed E-state index contributed by atoms with van der Waals surface area (Å²) in [5.41, 5.74) is 0. The average molecular weight is 386 g/mol. The van der Waals surface area contributed by atoms with E-state index in [2.05, 4.69) is 20.6 Å². The molecule has 2 saturated heterocycles. The number of hydrogen-bond acceptors (Lipinski definition) is 6. The van der Waals surface area contributed by atoms with Crippen LogP contribution >= 0.6 is 0 Å². The van der Waals surface area contributed by atoms with E-state index in [0.717, 1.165) is 5.82 Å². The highest BCUT2D eigenvalue weighted by atomic mass is 19.4. The van der Waals surface area contributed by atoms with E-state index in [-0.39, 0.29) is 11.8 Å². The smallest absolute Gasteiger partial charge is 0.355 e. The Bertz CT molecular complexity index is 600. The Kier molecular flexibility index (Phi) is 6.48. The molecule has 3 heterocycles. The number of aromatic nitrogens is 2. The van der Waals surface area contributed by atoms with Crippen LogP contribution in [0.15, 0.2) is 18.6 Å². The molecule has 150 valence electrons. The van der Waals surface area contributed by atoms with Gasteiger partial charge in [-0.15, -0.1) is 0 Å². The number of anilines is 1. The van der Waals surface area contributed by atoms with Crippen LogP contribution in [0.25, 0.3) is 0 Å². The van der Waals surface area contributed by atoms with Gasteiger partial charge in [0.2, 0.25) is 5.91 Å². The molecule has 3 rings (SSSR count). The minimum absolute atomic E-state index is 0.269. The monoisotopic (exact) mass is 386 g/mol. The lowest BCUT2D eigenvalue weighted by Crippen LogP contribution is -2.58. The summed E-state index contributed by atoms with van der Waals surface area (Å²) in [5.74, 6) is 0.195. The molecule has 2 N–H and O–H groups in total. The van der Waals surface area contributed by atoms with E-state index in [0.29, 0.717) is 52.1 Å². The van der Waals surface area contributed by atoms with Crippen LogP contribution in [0.2, 0.25) is 0 Å². The van der Waals surface area contributed by atoms with Crippen LogP contribution < -0.4 is 15.5 Å². The number of hydrogen-bond donors (Lipinski definition) is 2. The Morgan fingerprint density at radius 3 is 2.52 bits per heavy atom. The molecule has 2 aliphatic rings. The lowest BCUT2D eigenvalue weighted by molar-refractivity contribution is -0.184. The van der Waals surface area contributed by atoms with Crippen LogP contribution in [0.1, 0.15) is 12.8 Å². The fourth-order valence-corrected chi connectivity index (χ4v) is 3.61. The molecule has 1 atom stereocenters. The standard InChI is InChI=1S/C17H25F3N6O/c18-17(19,20)14(25-9-5-21-6-10-25)11-24-16(27)13-1-7-26(8-2-13)15-12-22-3-4-23-15/h3-4,12-14,21H,1-2,5-11H2,(H,24,27). The molecular formula is C17H25F3N6O. The number of nitrogens with zero attached hydrogens (tertiary/aromatic N) is 4. The topological polar surface area (TPSA) is 73.4 Å². The predicted molar refractivity (Wildman–Crippen MR) is 94.3 cm³/mol. The van der Waals surface area contributed by atoms with Gasteiger partial charge < -0.3 is 15.5 Å². The molecular weight excluding hydrogens is 361 g/mol. The first kappa shape index (κ1) is 19.8. The molecule has 2 fully saturated rings. The maximum absolute atomic E-state index is 13.4. The first-order valence-corrected chi connectivity index (χ1v) is 9.25. The third kappa shape index (κ3) is 5.29. The van der Waals surface area contributed by atoms with Gasteiger partial charge in [0.05, 0.1) is 6.20 Å². The molecule has 1 amide bonds. The predicted octanol–water partition coefficient (Wildman–Crippen LogP) is 0.645. The molecule has 1 aromatic rings. The zero-order valence-corrected chi connectivity index (χ0v) is 15.1. The van der Waals surface area contributed by atoms with Crippen LogP contribution in [0.3, 0.4) is 0 Å². The van der Waals surface area contributed by atoms with Gasteiger partial charge in [0.25, 0.3) is 0 Å². The van der Waals surface area contributed by atoms with Crippen molar-refractivity contribution in [1.82, 2.24) is 25.5 Å². The molecule has 0 spiro atoms. The normalized spacial score (nSPS) is 21.1. The van der Waals surface area contributed by atoms with Gasteiger partial charge in [-0.2, -0.15) is 13.2 Å². The fourth-order valence-electron chi connectivity index (χ4n) is 3.61. The molecule has 0 aromatic carbocycles. The van der Waals surface area contributed by atoms with E-state index >= 15 is 0 Å². The quantitative estimate of drug-likeness (QED) is 0.774. The molecule has 27 heavy (non-hydrogen) atoms. The van der Waals surface area contributed by atoms with Gasteiger partial charge >= 0.3 is 6.18 Å². The number of halogens is 3. The Hall–Kier alpha value is -1.94. The third-order valence-corrected chi connectivity index (χ3v) is 5.18. The van der Waals surface area contributed by atoms with Gasteiger partial charge in [-0.25, -0.2) is 4.98 Å². The van der Waals surface area contributed by atoms with Crippen LogP contribution in [0.4, 0.5) is 19.0 Å². The summed E-state index contributed by atoms with van der Waals surface area (Å²) in [4.78, 5) is 24.1. The van der Waals surface area contributed by atoms with Crippen molar-refractivity contribution in [3.63, 3.8) is 0 Å². The van der Waals surface area contributed by atoms with Crippen molar-refractivity contribution >= 4 is 11.7 Å². The number of alkyl halides is 3. The second-order valence-corrected chi connectivity index (χ2v) is 6.91. The van der Waals surface area contributed by atoms with Crippen molar-refractivity contribution in [3.05, 3.63) is 18.6 Å². The average Bonchev–Trinajstić information content (AvgIpc) is 2.68. The summed E-state index contributed by atoms with van der Waals surface area (Å²) in [7, 11) is 0. The van der Waals surface area contributed by atoms with Gasteiger partial charge in [0.1, 0.15) is 11.9 Å². The van der Waals surface area contributed by atoms with E-state index < -0.39 is 18.8 Å². The first-order valence-electron chi connectivity index (χ1n) is 9.25. The minimum Gasteiger partial charge on any atom is -0.355 e. The van der Waals surface area contributed by atoms with Gasteiger partial charge in [0.15, 0.2) is 0 Å². The van der Waals surface area contributed by atoms with Crippen molar-refractivity contribution in [2.45, 2.75) is 25.1 Å². The fraction of sp³-hybridized carbons (Fsp3) is 0.706. The third-order valence-electron chi connectivity index (χ3n) is 5.18. The largest absolute Gasteiger partial charge is 0.405 e. The number of piperidine rings is 1. The van der Waals surface area contributed by atoms with E-state index in [9.17, 15) is 18.0 Å². The molecule has 2 aliphatic heterocycles. The van der Waals surface area contributed by atoms with Crippen molar-refractivity contribution in [2.24, 2.45) is 5.92 Å². The van der Waals surface area contributed by atoms with Crippen LogP contribution in [0.5, 0.6) is 0 Å². The Morgan fingerprint density at radius 1 is 1.22 bits per heavy atom. The molecule has 1 aromatic heterocycles. The second-order valence-electron chi connectivity index (χ2n) is 6.91. The zero-order valence-electron chi connectivity index (χ0n) is 15.1. The summed E-state index contributed by atoms with van der Waals surface area (Å²) in [6.45, 7) is 2.59. The number of carbonyl (C=O) groups excluding carboxylic acids is 1. The van der Waals surface area contributed by atoms with Gasteiger partial charge in [0, 0.05) is 64.1 Å². The molecule has 10 heteroatoms. The lowest BCUT2D eigenvalue weighted by atomic mass is 9.96. The lowest BCUT2D eigenvalue weighted by Gasteiger charge is -2.36. The number of piperazine rings is 1. The van der Waals surface area contributed by atoms with Crippen LogP contribution in [-0.2, 0) is 4.79 Å². The number of amides is 1. The highest BCUT2D eigenvalue weighted by Gasteiger charge is 2.44. The van der Waals surface area contributed by atoms with E-state index in [1.807, 2.05) is 4.90 Å². The molecule has 0 aliphatic carbocycles. The van der Waals surface area contributed by atoms with Crippen molar-refractivity contribution in [2.75, 3.05) is 50.7 Å².